The first-order chi connectivity index (χ1) is 9.50. The third-order valence-electron chi connectivity index (χ3n) is 5.58. The van der Waals surface area contributed by atoms with E-state index in [1.54, 1.807) is 0 Å². The van der Waals surface area contributed by atoms with Gasteiger partial charge in [0, 0.05) is 13.1 Å². The average Bonchev–Trinajstić information content (AvgIpc) is 2.42. The molecule has 0 aromatic heterocycles. The van der Waals surface area contributed by atoms with Crippen LogP contribution in [-0.2, 0) is 0 Å². The fourth-order valence-corrected chi connectivity index (χ4v) is 4.04. The molecule has 0 aromatic rings. The second-order valence-electron chi connectivity index (χ2n) is 8.13. The minimum absolute atomic E-state index is 0.576. The summed E-state index contributed by atoms with van der Waals surface area (Å²) in [7, 11) is 0. The van der Waals surface area contributed by atoms with Gasteiger partial charge in [-0.15, -0.1) is 0 Å². The molecule has 0 saturated carbocycles. The quantitative estimate of drug-likeness (QED) is 0.754. The fraction of sp³-hybridized carbons (Fsp3) is 1.00. The molecule has 2 nitrogen and oxygen atoms in total. The van der Waals surface area contributed by atoms with Crippen LogP contribution in [0.3, 0.4) is 0 Å². The molecule has 0 spiro atoms. The summed E-state index contributed by atoms with van der Waals surface area (Å²) in [6.45, 7) is 17.5. The van der Waals surface area contributed by atoms with Crippen molar-refractivity contribution in [3.63, 3.8) is 0 Å². The summed E-state index contributed by atoms with van der Waals surface area (Å²) in [5, 5.41) is 0. The first-order valence-electron chi connectivity index (χ1n) is 8.95. The lowest BCUT2D eigenvalue weighted by Gasteiger charge is -2.44. The van der Waals surface area contributed by atoms with E-state index in [1.165, 1.54) is 71.4 Å². The molecule has 0 bridgehead atoms. The molecule has 2 aliphatic rings. The zero-order chi connectivity index (χ0) is 14.6. The molecule has 0 aromatic carbocycles. The van der Waals surface area contributed by atoms with Crippen LogP contribution in [0.2, 0.25) is 0 Å². The van der Waals surface area contributed by atoms with Crippen molar-refractivity contribution in [1.82, 2.24) is 9.80 Å². The van der Waals surface area contributed by atoms with Crippen LogP contribution in [0.15, 0.2) is 0 Å². The molecule has 0 N–H and O–H groups in total. The van der Waals surface area contributed by atoms with Gasteiger partial charge in [0.1, 0.15) is 0 Å². The zero-order valence-electron chi connectivity index (χ0n) is 14.3. The first-order valence-corrected chi connectivity index (χ1v) is 8.95. The van der Waals surface area contributed by atoms with Crippen LogP contribution < -0.4 is 0 Å². The van der Waals surface area contributed by atoms with Crippen molar-refractivity contribution >= 4 is 0 Å². The van der Waals surface area contributed by atoms with Gasteiger partial charge in [-0.1, -0.05) is 34.1 Å². The third kappa shape index (κ3) is 4.73. The smallest absolute Gasteiger partial charge is 0.00363 e. The number of hydrogen-bond acceptors (Lipinski definition) is 2. The summed E-state index contributed by atoms with van der Waals surface area (Å²) in [5.74, 6) is 1.82. The van der Waals surface area contributed by atoms with Gasteiger partial charge in [-0.3, -0.25) is 0 Å². The first kappa shape index (κ1) is 16.3. The van der Waals surface area contributed by atoms with E-state index in [4.69, 9.17) is 0 Å². The van der Waals surface area contributed by atoms with Crippen LogP contribution in [-0.4, -0.2) is 49.1 Å². The number of hydrogen-bond donors (Lipinski definition) is 0. The van der Waals surface area contributed by atoms with Gasteiger partial charge in [0.05, 0.1) is 0 Å². The van der Waals surface area contributed by atoms with E-state index in [2.05, 4.69) is 37.5 Å². The Morgan fingerprint density at radius 1 is 1.00 bits per heavy atom. The highest BCUT2D eigenvalue weighted by molar-refractivity contribution is 4.86. The molecule has 2 heterocycles. The highest BCUT2D eigenvalue weighted by atomic mass is 15.2. The Balaban J connectivity index is 1.73. The fourth-order valence-electron chi connectivity index (χ4n) is 4.04. The monoisotopic (exact) mass is 280 g/mol. The molecule has 2 saturated heterocycles. The molecule has 2 fully saturated rings. The Bertz CT molecular complexity index is 271. The largest absolute Gasteiger partial charge is 0.303 e. The second kappa shape index (κ2) is 7.26. The standard InChI is InChI=1S/C18H36N2/c1-5-17-6-10-20(11-7-17)15-18(4)8-12-19(13-9-18)14-16(2)3/h16-17H,5-15H2,1-4H3. The van der Waals surface area contributed by atoms with E-state index < -0.39 is 0 Å². The highest BCUT2D eigenvalue weighted by Crippen LogP contribution is 2.33. The Hall–Kier alpha value is -0.0800. The maximum Gasteiger partial charge on any atom is 0.00363 e. The van der Waals surface area contributed by atoms with Crippen molar-refractivity contribution in [2.75, 3.05) is 39.3 Å². The molecular weight excluding hydrogens is 244 g/mol. The SMILES string of the molecule is CCC1CCN(CC2(C)CCN(CC(C)C)CC2)CC1. The van der Waals surface area contributed by atoms with Crippen LogP contribution in [0.4, 0.5) is 0 Å². The molecule has 0 atom stereocenters. The summed E-state index contributed by atoms with van der Waals surface area (Å²) >= 11 is 0. The number of likely N-dealkylation sites (tertiary alicyclic amines) is 2. The molecule has 0 unspecified atom stereocenters. The molecule has 20 heavy (non-hydrogen) atoms. The summed E-state index contributed by atoms with van der Waals surface area (Å²) in [6, 6.07) is 0. The van der Waals surface area contributed by atoms with Gasteiger partial charge in [0.25, 0.3) is 0 Å². The molecule has 2 aliphatic heterocycles. The zero-order valence-corrected chi connectivity index (χ0v) is 14.3. The maximum atomic E-state index is 2.75. The molecule has 0 amide bonds. The van der Waals surface area contributed by atoms with Gasteiger partial charge < -0.3 is 9.80 Å². The minimum atomic E-state index is 0.576. The summed E-state index contributed by atoms with van der Waals surface area (Å²) in [4.78, 5) is 5.43. The van der Waals surface area contributed by atoms with Crippen molar-refractivity contribution in [3.05, 3.63) is 0 Å². The van der Waals surface area contributed by atoms with E-state index in [1.807, 2.05) is 0 Å². The Labute approximate surface area is 126 Å². The van der Waals surface area contributed by atoms with Crippen molar-refractivity contribution in [2.24, 2.45) is 17.3 Å². The van der Waals surface area contributed by atoms with Crippen LogP contribution in [0.1, 0.15) is 59.8 Å². The van der Waals surface area contributed by atoms with Crippen molar-refractivity contribution in [1.29, 1.82) is 0 Å². The predicted molar refractivity (Wildman–Crippen MR) is 88.1 cm³/mol. The van der Waals surface area contributed by atoms with Gasteiger partial charge in [-0.2, -0.15) is 0 Å². The van der Waals surface area contributed by atoms with Crippen LogP contribution >= 0.6 is 0 Å². The lowest BCUT2D eigenvalue weighted by atomic mass is 9.79. The van der Waals surface area contributed by atoms with Crippen LogP contribution in [0.5, 0.6) is 0 Å². The van der Waals surface area contributed by atoms with E-state index in [9.17, 15) is 0 Å². The topological polar surface area (TPSA) is 6.48 Å². The summed E-state index contributed by atoms with van der Waals surface area (Å²) < 4.78 is 0. The molecule has 2 rings (SSSR count). The van der Waals surface area contributed by atoms with E-state index in [0.29, 0.717) is 5.41 Å². The van der Waals surface area contributed by atoms with Gasteiger partial charge in [-0.05, 0) is 69.1 Å². The number of rotatable bonds is 5. The van der Waals surface area contributed by atoms with Crippen molar-refractivity contribution < 1.29 is 0 Å². The third-order valence-corrected chi connectivity index (χ3v) is 5.58. The highest BCUT2D eigenvalue weighted by Gasteiger charge is 2.32. The predicted octanol–water partition coefficient (Wildman–Crippen LogP) is 3.87. The number of piperidine rings is 2. The normalized spacial score (nSPS) is 26.2. The Morgan fingerprint density at radius 2 is 1.60 bits per heavy atom. The van der Waals surface area contributed by atoms with Crippen molar-refractivity contribution in [3.8, 4) is 0 Å². The Kier molecular flexibility index (Phi) is 5.92. The van der Waals surface area contributed by atoms with Gasteiger partial charge in [-0.25, -0.2) is 0 Å². The van der Waals surface area contributed by atoms with E-state index >= 15 is 0 Å². The molecule has 0 aliphatic carbocycles. The second-order valence-corrected chi connectivity index (χ2v) is 8.13. The summed E-state index contributed by atoms with van der Waals surface area (Å²) in [6.07, 6.45) is 7.05. The van der Waals surface area contributed by atoms with Crippen LogP contribution in [0, 0.1) is 17.3 Å². The minimum Gasteiger partial charge on any atom is -0.303 e. The van der Waals surface area contributed by atoms with E-state index in [-0.39, 0.29) is 0 Å². The van der Waals surface area contributed by atoms with Gasteiger partial charge in [0.2, 0.25) is 0 Å². The maximum absolute atomic E-state index is 2.75. The Morgan fingerprint density at radius 3 is 2.10 bits per heavy atom. The lowest BCUT2D eigenvalue weighted by Crippen LogP contribution is -2.47. The summed E-state index contributed by atoms with van der Waals surface area (Å²) in [5.41, 5.74) is 0.576. The van der Waals surface area contributed by atoms with Crippen LogP contribution in [0.25, 0.3) is 0 Å². The lowest BCUT2D eigenvalue weighted by molar-refractivity contribution is 0.0554. The van der Waals surface area contributed by atoms with Gasteiger partial charge in [0.15, 0.2) is 0 Å². The van der Waals surface area contributed by atoms with E-state index in [0.717, 1.165) is 11.8 Å². The molecule has 2 heteroatoms. The number of nitrogens with zero attached hydrogens (tertiary/aromatic N) is 2. The van der Waals surface area contributed by atoms with Gasteiger partial charge >= 0.3 is 0 Å². The molecule has 118 valence electrons. The average molecular weight is 280 g/mol. The molecular formula is C18H36N2. The molecule has 0 radical (unpaired) electrons. The van der Waals surface area contributed by atoms with Crippen molar-refractivity contribution in [2.45, 2.75) is 59.8 Å².